The van der Waals surface area contributed by atoms with Gasteiger partial charge < -0.3 is 23.7 Å². The van der Waals surface area contributed by atoms with Crippen LogP contribution >= 0.6 is 0 Å². The van der Waals surface area contributed by atoms with Crippen LogP contribution in [0.5, 0.6) is 23.0 Å². The van der Waals surface area contributed by atoms with Crippen molar-refractivity contribution in [2.45, 2.75) is 64.9 Å². The van der Waals surface area contributed by atoms with Crippen LogP contribution in [-0.4, -0.2) is 51.5 Å². The molecule has 4 atom stereocenters. The summed E-state index contributed by atoms with van der Waals surface area (Å²) >= 11 is 0. The molecule has 0 amide bonds. The van der Waals surface area contributed by atoms with Gasteiger partial charge in [-0.3, -0.25) is 14.6 Å². The highest BCUT2D eigenvalue weighted by Crippen LogP contribution is 2.48. The van der Waals surface area contributed by atoms with E-state index < -0.39 is 11.8 Å². The fourth-order valence-corrected chi connectivity index (χ4v) is 5.57. The number of Topliss-reactive ketones (excluding diaryl/α,β-unsaturated/α-hetero) is 1. The highest BCUT2D eigenvalue weighted by molar-refractivity contribution is 6.09. The van der Waals surface area contributed by atoms with E-state index >= 15 is 0 Å². The quantitative estimate of drug-likeness (QED) is 0.334. The Labute approximate surface area is 236 Å². The van der Waals surface area contributed by atoms with Crippen molar-refractivity contribution in [1.82, 2.24) is 0 Å². The van der Waals surface area contributed by atoms with E-state index in [0.29, 0.717) is 65.8 Å². The monoisotopic (exact) mass is 549 g/mol. The maximum absolute atomic E-state index is 14.0. The van der Waals surface area contributed by atoms with Gasteiger partial charge in [-0.2, -0.15) is 0 Å². The van der Waals surface area contributed by atoms with Gasteiger partial charge in [0.15, 0.2) is 28.8 Å². The number of benzene rings is 2. The number of ketones is 1. The first-order chi connectivity index (χ1) is 19.3. The van der Waals surface area contributed by atoms with Gasteiger partial charge in [0.05, 0.1) is 34.0 Å². The van der Waals surface area contributed by atoms with E-state index in [9.17, 15) is 9.59 Å². The molecule has 0 N–H and O–H groups in total. The van der Waals surface area contributed by atoms with E-state index in [1.54, 1.807) is 21.3 Å². The summed E-state index contributed by atoms with van der Waals surface area (Å²) < 4.78 is 28.0. The number of hydrogen-bond donors (Lipinski definition) is 0. The zero-order valence-electron chi connectivity index (χ0n) is 24.4. The highest BCUT2D eigenvalue weighted by Gasteiger charge is 2.45. The summed E-state index contributed by atoms with van der Waals surface area (Å²) in [7, 11) is 4.77. The van der Waals surface area contributed by atoms with E-state index in [2.05, 4.69) is 0 Å². The number of carbonyl (C=O) groups excluding carboxylic acids is 2. The van der Waals surface area contributed by atoms with E-state index in [1.165, 1.54) is 0 Å². The largest absolute Gasteiger partial charge is 0.493 e. The average molecular weight is 550 g/mol. The minimum absolute atomic E-state index is 0.0310. The third-order valence-corrected chi connectivity index (χ3v) is 7.76. The Morgan fingerprint density at radius 1 is 0.925 bits per heavy atom. The number of esters is 1. The summed E-state index contributed by atoms with van der Waals surface area (Å²) in [5.41, 5.74) is 3.67. The summed E-state index contributed by atoms with van der Waals surface area (Å²) in [5, 5.41) is 0. The SMILES string of the molecule is CCOc1ccc([C@H]2C3=C(C[C@@H](c4ccc(OC)c(OC)c4)CC3=O)N=C(C)C2C(=O)O[C@H](C)CC)cc1OC. The molecule has 1 aliphatic carbocycles. The number of hydrogen-bond acceptors (Lipinski definition) is 8. The number of methoxy groups -OCH3 is 3. The molecule has 40 heavy (non-hydrogen) atoms. The van der Waals surface area contributed by atoms with E-state index in [0.717, 1.165) is 11.1 Å². The van der Waals surface area contributed by atoms with Crippen molar-refractivity contribution in [3.63, 3.8) is 0 Å². The lowest BCUT2D eigenvalue weighted by atomic mass is 9.69. The molecule has 0 spiro atoms. The minimum Gasteiger partial charge on any atom is -0.493 e. The zero-order chi connectivity index (χ0) is 29.0. The first kappa shape index (κ1) is 29.2. The first-order valence-corrected chi connectivity index (χ1v) is 13.8. The van der Waals surface area contributed by atoms with Crippen LogP contribution in [0.15, 0.2) is 52.7 Å². The van der Waals surface area contributed by atoms with Crippen LogP contribution in [0.3, 0.4) is 0 Å². The third-order valence-electron chi connectivity index (χ3n) is 7.76. The molecule has 0 bridgehead atoms. The Balaban J connectivity index is 1.80. The van der Waals surface area contributed by atoms with E-state index in [-0.39, 0.29) is 23.8 Å². The smallest absolute Gasteiger partial charge is 0.315 e. The van der Waals surface area contributed by atoms with Gasteiger partial charge in [-0.1, -0.05) is 19.1 Å². The molecule has 8 heteroatoms. The van der Waals surface area contributed by atoms with Crippen molar-refractivity contribution in [3.8, 4) is 23.0 Å². The van der Waals surface area contributed by atoms with Crippen molar-refractivity contribution in [2.75, 3.05) is 27.9 Å². The van der Waals surface area contributed by atoms with Gasteiger partial charge in [0, 0.05) is 29.3 Å². The van der Waals surface area contributed by atoms with Gasteiger partial charge in [0.25, 0.3) is 0 Å². The zero-order valence-corrected chi connectivity index (χ0v) is 24.4. The van der Waals surface area contributed by atoms with Crippen molar-refractivity contribution >= 4 is 17.5 Å². The van der Waals surface area contributed by atoms with Gasteiger partial charge in [0.1, 0.15) is 5.92 Å². The maximum Gasteiger partial charge on any atom is 0.315 e. The lowest BCUT2D eigenvalue weighted by Crippen LogP contribution is -2.39. The van der Waals surface area contributed by atoms with Crippen LogP contribution in [0.2, 0.25) is 0 Å². The molecule has 0 saturated heterocycles. The molecule has 2 aliphatic rings. The van der Waals surface area contributed by atoms with Crippen LogP contribution in [-0.2, 0) is 14.3 Å². The molecule has 1 aliphatic heterocycles. The summed E-state index contributed by atoms with van der Waals surface area (Å²) in [6, 6.07) is 11.3. The van der Waals surface area contributed by atoms with Gasteiger partial charge >= 0.3 is 5.97 Å². The van der Waals surface area contributed by atoms with Crippen molar-refractivity contribution in [3.05, 3.63) is 58.8 Å². The normalized spacial score (nSPS) is 21.2. The Kier molecular flexibility index (Phi) is 9.17. The first-order valence-electron chi connectivity index (χ1n) is 13.8. The molecule has 0 aromatic heterocycles. The minimum atomic E-state index is -0.725. The number of ether oxygens (including phenoxy) is 5. The number of allylic oxidation sites excluding steroid dienone is 2. The molecule has 0 radical (unpaired) electrons. The van der Waals surface area contributed by atoms with E-state index in [1.807, 2.05) is 64.1 Å². The Morgan fingerprint density at radius 3 is 2.20 bits per heavy atom. The summed E-state index contributed by atoms with van der Waals surface area (Å²) in [5.74, 6) is 0.626. The number of carbonyl (C=O) groups is 2. The Bertz CT molecular complexity index is 1330. The van der Waals surface area contributed by atoms with Crippen LogP contribution in [0, 0.1) is 5.92 Å². The lowest BCUT2D eigenvalue weighted by Gasteiger charge is -2.37. The van der Waals surface area contributed by atoms with E-state index in [4.69, 9.17) is 28.7 Å². The molecule has 214 valence electrons. The maximum atomic E-state index is 14.0. The second kappa shape index (κ2) is 12.6. The number of nitrogens with zero attached hydrogens (tertiary/aromatic N) is 1. The molecule has 8 nitrogen and oxygen atoms in total. The molecular formula is C32H39NO7. The molecule has 2 aromatic carbocycles. The second-order valence-corrected chi connectivity index (χ2v) is 10.2. The van der Waals surface area contributed by atoms with Crippen LogP contribution in [0.4, 0.5) is 0 Å². The topological polar surface area (TPSA) is 92.7 Å². The second-order valence-electron chi connectivity index (χ2n) is 10.2. The van der Waals surface area contributed by atoms with Gasteiger partial charge in [-0.05, 0) is 74.9 Å². The fourth-order valence-electron chi connectivity index (χ4n) is 5.57. The summed E-state index contributed by atoms with van der Waals surface area (Å²) in [6.45, 7) is 8.07. The number of aliphatic imine (C=N–C) groups is 1. The fraction of sp³-hybridized carbons (Fsp3) is 0.469. The van der Waals surface area contributed by atoms with Gasteiger partial charge in [-0.15, -0.1) is 0 Å². The van der Waals surface area contributed by atoms with Crippen LogP contribution < -0.4 is 18.9 Å². The Morgan fingerprint density at radius 2 is 1.55 bits per heavy atom. The lowest BCUT2D eigenvalue weighted by molar-refractivity contribution is -0.151. The van der Waals surface area contributed by atoms with Crippen molar-refractivity contribution in [2.24, 2.45) is 10.9 Å². The summed E-state index contributed by atoms with van der Waals surface area (Å²) in [4.78, 5) is 32.4. The van der Waals surface area contributed by atoms with Crippen LogP contribution in [0.1, 0.15) is 69.9 Å². The van der Waals surface area contributed by atoms with Gasteiger partial charge in [0.2, 0.25) is 0 Å². The van der Waals surface area contributed by atoms with Crippen LogP contribution in [0.25, 0.3) is 0 Å². The molecule has 4 rings (SSSR count). The third kappa shape index (κ3) is 5.71. The van der Waals surface area contributed by atoms with Gasteiger partial charge in [-0.25, -0.2) is 0 Å². The Hall–Kier alpha value is -3.81. The molecule has 0 fully saturated rings. The molecular weight excluding hydrogens is 510 g/mol. The molecule has 1 heterocycles. The predicted octanol–water partition coefficient (Wildman–Crippen LogP) is 6.03. The summed E-state index contributed by atoms with van der Waals surface area (Å²) in [6.07, 6.45) is 1.30. The molecule has 0 saturated carbocycles. The molecule has 1 unspecified atom stereocenters. The standard InChI is InChI=1S/C32H39NO7/c1-8-18(3)40-32(35)29-19(4)33-23-14-22(20-10-12-25(36-5)27(16-20)37-6)15-24(34)31(23)30(29)21-11-13-26(39-9-2)28(17-21)38-7/h10-13,16-18,22,29-30H,8-9,14-15H2,1-7H3/t18-,22-,29?,30-/m1/s1. The average Bonchev–Trinajstić information content (AvgIpc) is 2.96. The predicted molar refractivity (Wildman–Crippen MR) is 153 cm³/mol. The van der Waals surface area contributed by atoms with Crippen molar-refractivity contribution in [1.29, 1.82) is 0 Å². The van der Waals surface area contributed by atoms with Crippen molar-refractivity contribution < 1.29 is 33.3 Å². The number of rotatable bonds is 10. The molecule has 2 aromatic rings. The highest BCUT2D eigenvalue weighted by atomic mass is 16.5.